The molecule has 6 nitrogen and oxygen atoms in total. The number of esters is 1. The molecule has 0 saturated heterocycles. The minimum atomic E-state index is -0.997. The standard InChI is InChI=1S/C20H20N2O4/c1-13(2)19(24)22-15-10-6-7-11-17(15)26-20(25)16(22)12-18(23)21-14-8-4-3-5-9-14/h3-11,13,16H,12H2,1-2H3,(H,21,23)/t16-/m0/s1. The highest BCUT2D eigenvalue weighted by molar-refractivity contribution is 6.06. The SMILES string of the molecule is CC(C)C(=O)N1c2ccccc2OC(=O)[C@@H]1CC(=O)Nc1ccccc1. The van der Waals surface area contributed by atoms with Gasteiger partial charge >= 0.3 is 5.97 Å². The van der Waals surface area contributed by atoms with Crippen molar-refractivity contribution in [3.8, 4) is 5.75 Å². The van der Waals surface area contributed by atoms with Gasteiger partial charge in [0.2, 0.25) is 11.8 Å². The highest BCUT2D eigenvalue weighted by Crippen LogP contribution is 2.36. The summed E-state index contributed by atoms with van der Waals surface area (Å²) in [5.41, 5.74) is 1.13. The molecule has 3 rings (SSSR count). The van der Waals surface area contributed by atoms with Gasteiger partial charge in [-0.25, -0.2) is 4.79 Å². The first kappa shape index (κ1) is 17.7. The summed E-state index contributed by atoms with van der Waals surface area (Å²) in [6.45, 7) is 3.51. The van der Waals surface area contributed by atoms with Crippen molar-refractivity contribution in [2.45, 2.75) is 26.3 Å². The Morgan fingerprint density at radius 3 is 2.42 bits per heavy atom. The zero-order valence-electron chi connectivity index (χ0n) is 14.6. The fourth-order valence-corrected chi connectivity index (χ4v) is 2.83. The predicted octanol–water partition coefficient (Wildman–Crippen LogP) is 2.99. The van der Waals surface area contributed by atoms with Gasteiger partial charge in [0.25, 0.3) is 0 Å². The number of carbonyl (C=O) groups excluding carboxylic acids is 3. The van der Waals surface area contributed by atoms with Gasteiger partial charge in [0, 0.05) is 11.6 Å². The maximum Gasteiger partial charge on any atom is 0.335 e. The highest BCUT2D eigenvalue weighted by Gasteiger charge is 2.40. The number of hydrogen-bond donors (Lipinski definition) is 1. The molecule has 0 fully saturated rings. The second-order valence-corrected chi connectivity index (χ2v) is 6.39. The number of ether oxygens (including phenoxy) is 1. The first-order valence-electron chi connectivity index (χ1n) is 8.46. The quantitative estimate of drug-likeness (QED) is 0.678. The van der Waals surface area contributed by atoms with Crippen LogP contribution in [0.1, 0.15) is 20.3 Å². The lowest BCUT2D eigenvalue weighted by atomic mass is 10.0. The normalized spacial score (nSPS) is 16.0. The molecule has 0 bridgehead atoms. The Hall–Kier alpha value is -3.15. The van der Waals surface area contributed by atoms with E-state index in [1.54, 1.807) is 62.4 Å². The predicted molar refractivity (Wildman–Crippen MR) is 97.9 cm³/mol. The van der Waals surface area contributed by atoms with Gasteiger partial charge in [0.15, 0.2) is 5.75 Å². The van der Waals surface area contributed by atoms with E-state index in [1.165, 1.54) is 4.90 Å². The van der Waals surface area contributed by atoms with Crippen molar-refractivity contribution in [2.24, 2.45) is 5.92 Å². The van der Waals surface area contributed by atoms with Crippen LogP contribution < -0.4 is 15.0 Å². The van der Waals surface area contributed by atoms with Crippen molar-refractivity contribution in [3.05, 3.63) is 54.6 Å². The maximum atomic E-state index is 12.7. The number of rotatable bonds is 4. The van der Waals surface area contributed by atoms with E-state index < -0.39 is 12.0 Å². The summed E-state index contributed by atoms with van der Waals surface area (Å²) in [5.74, 6) is -1.20. The van der Waals surface area contributed by atoms with Crippen LogP contribution in [0.2, 0.25) is 0 Å². The van der Waals surface area contributed by atoms with Gasteiger partial charge in [-0.2, -0.15) is 0 Å². The summed E-state index contributed by atoms with van der Waals surface area (Å²) >= 11 is 0. The number of nitrogens with one attached hydrogen (secondary N) is 1. The fourth-order valence-electron chi connectivity index (χ4n) is 2.83. The first-order chi connectivity index (χ1) is 12.5. The first-order valence-corrected chi connectivity index (χ1v) is 8.46. The Balaban J connectivity index is 1.87. The molecule has 0 radical (unpaired) electrons. The Bertz CT molecular complexity index is 833. The molecule has 26 heavy (non-hydrogen) atoms. The molecule has 6 heteroatoms. The van der Waals surface area contributed by atoms with Crippen LogP contribution in [0.3, 0.4) is 0 Å². The lowest BCUT2D eigenvalue weighted by Crippen LogP contribution is -2.52. The second-order valence-electron chi connectivity index (χ2n) is 6.39. The van der Waals surface area contributed by atoms with Gasteiger partial charge in [0.1, 0.15) is 6.04 Å². The molecule has 1 atom stereocenters. The van der Waals surface area contributed by atoms with Crippen LogP contribution in [0, 0.1) is 5.92 Å². The molecule has 0 aromatic heterocycles. The molecule has 0 saturated carbocycles. The average Bonchev–Trinajstić information content (AvgIpc) is 2.62. The van der Waals surface area contributed by atoms with Crippen LogP contribution in [-0.4, -0.2) is 23.8 Å². The fraction of sp³-hybridized carbons (Fsp3) is 0.250. The van der Waals surface area contributed by atoms with E-state index in [1.807, 2.05) is 6.07 Å². The van der Waals surface area contributed by atoms with Gasteiger partial charge < -0.3 is 10.1 Å². The molecule has 0 unspecified atom stereocenters. The third-order valence-electron chi connectivity index (χ3n) is 4.09. The van der Waals surface area contributed by atoms with Crippen molar-refractivity contribution >= 4 is 29.2 Å². The van der Waals surface area contributed by atoms with E-state index in [9.17, 15) is 14.4 Å². The Kier molecular flexibility index (Phi) is 5.02. The second kappa shape index (κ2) is 7.39. The molecule has 0 aliphatic carbocycles. The Morgan fingerprint density at radius 2 is 1.73 bits per heavy atom. The monoisotopic (exact) mass is 352 g/mol. The zero-order valence-corrected chi connectivity index (χ0v) is 14.6. The van der Waals surface area contributed by atoms with E-state index in [0.717, 1.165) is 0 Å². The minimum Gasteiger partial charge on any atom is -0.423 e. The molecular weight excluding hydrogens is 332 g/mol. The highest BCUT2D eigenvalue weighted by atomic mass is 16.5. The summed E-state index contributed by atoms with van der Waals surface area (Å²) in [6.07, 6.45) is -0.180. The third-order valence-corrected chi connectivity index (χ3v) is 4.09. The van der Waals surface area contributed by atoms with Gasteiger partial charge in [-0.3, -0.25) is 14.5 Å². The maximum absolute atomic E-state index is 12.7. The number of fused-ring (bicyclic) bond motifs is 1. The summed E-state index contributed by atoms with van der Waals surface area (Å²) in [5, 5.41) is 2.74. The zero-order chi connectivity index (χ0) is 18.7. The summed E-state index contributed by atoms with van der Waals surface area (Å²) < 4.78 is 5.34. The van der Waals surface area contributed by atoms with Crippen LogP contribution in [0.25, 0.3) is 0 Å². The van der Waals surface area contributed by atoms with Crippen LogP contribution in [0.5, 0.6) is 5.75 Å². The number of benzene rings is 2. The molecule has 1 heterocycles. The lowest BCUT2D eigenvalue weighted by molar-refractivity contribution is -0.140. The molecule has 1 aliphatic heterocycles. The number of amides is 2. The summed E-state index contributed by atoms with van der Waals surface area (Å²) in [4.78, 5) is 39.0. The lowest BCUT2D eigenvalue weighted by Gasteiger charge is -2.36. The third kappa shape index (κ3) is 3.59. The number of para-hydroxylation sites is 3. The number of hydrogen-bond acceptors (Lipinski definition) is 4. The summed E-state index contributed by atoms with van der Waals surface area (Å²) in [7, 11) is 0. The van der Waals surface area contributed by atoms with Crippen molar-refractivity contribution in [3.63, 3.8) is 0 Å². The van der Waals surface area contributed by atoms with Crippen molar-refractivity contribution in [1.82, 2.24) is 0 Å². The molecule has 134 valence electrons. The molecule has 2 aromatic rings. The Morgan fingerprint density at radius 1 is 1.08 bits per heavy atom. The Labute approximate surface area is 151 Å². The molecular formula is C20H20N2O4. The van der Waals surface area contributed by atoms with E-state index in [0.29, 0.717) is 17.1 Å². The van der Waals surface area contributed by atoms with E-state index in [4.69, 9.17) is 4.74 Å². The van der Waals surface area contributed by atoms with Crippen LogP contribution in [0.15, 0.2) is 54.6 Å². The molecule has 1 aliphatic rings. The number of anilines is 2. The van der Waals surface area contributed by atoms with Crippen LogP contribution in [0.4, 0.5) is 11.4 Å². The van der Waals surface area contributed by atoms with Gasteiger partial charge in [0.05, 0.1) is 12.1 Å². The van der Waals surface area contributed by atoms with Crippen LogP contribution >= 0.6 is 0 Å². The molecule has 2 aromatic carbocycles. The van der Waals surface area contributed by atoms with E-state index in [-0.39, 0.29) is 24.2 Å². The van der Waals surface area contributed by atoms with Gasteiger partial charge in [-0.15, -0.1) is 0 Å². The van der Waals surface area contributed by atoms with Crippen LogP contribution in [-0.2, 0) is 14.4 Å². The van der Waals surface area contributed by atoms with Crippen molar-refractivity contribution < 1.29 is 19.1 Å². The van der Waals surface area contributed by atoms with Gasteiger partial charge in [-0.05, 0) is 24.3 Å². The topological polar surface area (TPSA) is 75.7 Å². The van der Waals surface area contributed by atoms with Crippen molar-refractivity contribution in [2.75, 3.05) is 10.2 Å². The average molecular weight is 352 g/mol. The largest absolute Gasteiger partial charge is 0.423 e. The molecule has 1 N–H and O–H groups in total. The smallest absolute Gasteiger partial charge is 0.335 e. The van der Waals surface area contributed by atoms with E-state index >= 15 is 0 Å². The molecule has 2 amide bonds. The summed E-state index contributed by atoms with van der Waals surface area (Å²) in [6, 6.07) is 14.8. The van der Waals surface area contributed by atoms with Gasteiger partial charge in [-0.1, -0.05) is 44.2 Å². The minimum absolute atomic E-state index is 0.180. The van der Waals surface area contributed by atoms with Crippen molar-refractivity contribution in [1.29, 1.82) is 0 Å². The number of carbonyl (C=O) groups is 3. The molecule has 0 spiro atoms. The number of nitrogens with zero attached hydrogens (tertiary/aromatic N) is 1. The van der Waals surface area contributed by atoms with E-state index in [2.05, 4.69) is 5.32 Å².